The molecular formula is C19H17N3O5S. The molecule has 0 saturated carbocycles. The molecule has 8 nitrogen and oxygen atoms in total. The molecule has 0 aromatic heterocycles. The third-order valence-corrected chi connectivity index (χ3v) is 4.82. The second kappa shape index (κ2) is 8.07. The molecule has 28 heavy (non-hydrogen) atoms. The van der Waals surface area contributed by atoms with Crippen LogP contribution in [0.5, 0.6) is 11.5 Å². The number of anilines is 1. The largest absolute Gasteiger partial charge is 0.457 e. The number of ether oxygens (including phenoxy) is 1. The second-order valence-electron chi connectivity index (χ2n) is 5.86. The van der Waals surface area contributed by atoms with Gasteiger partial charge in [-0.15, -0.1) is 0 Å². The van der Waals surface area contributed by atoms with Gasteiger partial charge >= 0.3 is 0 Å². The van der Waals surface area contributed by atoms with Crippen LogP contribution >= 0.6 is 0 Å². The summed E-state index contributed by atoms with van der Waals surface area (Å²) in [6.07, 6.45) is 0. The van der Waals surface area contributed by atoms with Crippen molar-refractivity contribution in [3.63, 3.8) is 0 Å². The highest BCUT2D eigenvalue weighted by Gasteiger charge is 2.19. The summed E-state index contributed by atoms with van der Waals surface area (Å²) in [5.41, 5.74) is 0.566. The lowest BCUT2D eigenvalue weighted by Gasteiger charge is -2.13. The van der Waals surface area contributed by atoms with Crippen LogP contribution < -0.4 is 15.2 Å². The molecule has 3 N–H and O–H groups in total. The first kappa shape index (κ1) is 19.3. The molecule has 0 fully saturated rings. The van der Waals surface area contributed by atoms with Crippen LogP contribution in [0.25, 0.3) is 0 Å². The summed E-state index contributed by atoms with van der Waals surface area (Å²) in [6.45, 7) is 0.235. The predicted molar refractivity (Wildman–Crippen MR) is 105 cm³/mol. The fraction of sp³-hybridized carbons (Fsp3) is 0.0526. The number of nitro benzene ring substituents is 1. The van der Waals surface area contributed by atoms with Gasteiger partial charge in [-0.2, -0.15) is 0 Å². The Kier molecular flexibility index (Phi) is 5.57. The molecule has 0 spiro atoms. The van der Waals surface area contributed by atoms with Gasteiger partial charge in [0, 0.05) is 18.2 Å². The molecule has 0 bridgehead atoms. The number of hydrogen-bond donors (Lipinski definition) is 2. The number of rotatable bonds is 7. The van der Waals surface area contributed by atoms with Crippen LogP contribution in [0.2, 0.25) is 0 Å². The molecule has 0 amide bonds. The van der Waals surface area contributed by atoms with Crippen LogP contribution in [0.15, 0.2) is 77.7 Å². The zero-order valence-electron chi connectivity index (χ0n) is 14.6. The Labute approximate surface area is 161 Å². The lowest BCUT2D eigenvalue weighted by Crippen LogP contribution is -2.13. The van der Waals surface area contributed by atoms with Gasteiger partial charge in [0.1, 0.15) is 17.2 Å². The van der Waals surface area contributed by atoms with Crippen molar-refractivity contribution < 1.29 is 18.1 Å². The van der Waals surface area contributed by atoms with E-state index in [0.29, 0.717) is 11.5 Å². The molecule has 144 valence electrons. The maximum atomic E-state index is 11.4. The summed E-state index contributed by atoms with van der Waals surface area (Å²) in [5, 5.41) is 19.3. The minimum absolute atomic E-state index is 0.173. The molecule has 0 atom stereocenters. The van der Waals surface area contributed by atoms with Crippen LogP contribution in [0.4, 0.5) is 11.4 Å². The summed E-state index contributed by atoms with van der Waals surface area (Å²) in [4.78, 5) is 10.3. The average Bonchev–Trinajstić information content (AvgIpc) is 2.67. The van der Waals surface area contributed by atoms with E-state index in [1.165, 1.54) is 12.1 Å². The predicted octanol–water partition coefficient (Wildman–Crippen LogP) is 3.65. The normalized spacial score (nSPS) is 11.0. The number of nitrogens with two attached hydrogens (primary N) is 1. The quantitative estimate of drug-likeness (QED) is 0.461. The third kappa shape index (κ3) is 4.64. The second-order valence-corrected chi connectivity index (χ2v) is 7.42. The molecule has 0 aliphatic rings. The Balaban J connectivity index is 1.84. The van der Waals surface area contributed by atoms with E-state index in [4.69, 9.17) is 9.88 Å². The molecule has 0 radical (unpaired) electrons. The number of benzene rings is 3. The van der Waals surface area contributed by atoms with E-state index in [2.05, 4.69) is 5.32 Å². The van der Waals surface area contributed by atoms with Gasteiger partial charge in [0.05, 0.1) is 9.82 Å². The third-order valence-electron chi connectivity index (χ3n) is 3.91. The van der Waals surface area contributed by atoms with Crippen molar-refractivity contribution in [3.8, 4) is 11.5 Å². The lowest BCUT2D eigenvalue weighted by atomic mass is 10.2. The van der Waals surface area contributed by atoms with E-state index in [1.54, 1.807) is 6.07 Å². The van der Waals surface area contributed by atoms with Gasteiger partial charge in [0.2, 0.25) is 10.0 Å². The minimum Gasteiger partial charge on any atom is -0.457 e. The number of primary sulfonamides is 1. The molecule has 9 heteroatoms. The first-order valence-electron chi connectivity index (χ1n) is 8.20. The Morgan fingerprint density at radius 3 is 2.36 bits per heavy atom. The van der Waals surface area contributed by atoms with Crippen molar-refractivity contribution in [2.24, 2.45) is 5.14 Å². The van der Waals surface area contributed by atoms with Gasteiger partial charge in [-0.3, -0.25) is 10.1 Å². The fourth-order valence-electron chi connectivity index (χ4n) is 2.54. The zero-order chi connectivity index (χ0) is 20.1. The number of para-hydroxylation sites is 2. The maximum absolute atomic E-state index is 11.4. The van der Waals surface area contributed by atoms with E-state index < -0.39 is 14.9 Å². The standard InChI is InChI=1S/C19H17N3O5S/c20-28(25,26)16-10-11-17(18(12-16)22(23)24)21-13-14-6-4-5-9-19(14)27-15-7-2-1-3-8-15/h1-12,21H,13H2,(H2,20,25,26). The van der Waals surface area contributed by atoms with E-state index in [9.17, 15) is 18.5 Å². The topological polar surface area (TPSA) is 125 Å². The number of sulfonamides is 1. The van der Waals surface area contributed by atoms with Crippen molar-refractivity contribution in [2.45, 2.75) is 11.4 Å². The van der Waals surface area contributed by atoms with Gasteiger partial charge in [-0.05, 0) is 30.3 Å². The molecule has 3 aromatic rings. The SMILES string of the molecule is NS(=O)(=O)c1ccc(NCc2ccccc2Oc2ccccc2)c([N+](=O)[O-])c1. The van der Waals surface area contributed by atoms with Crippen LogP contribution in [0.3, 0.4) is 0 Å². The van der Waals surface area contributed by atoms with Crippen LogP contribution in [-0.4, -0.2) is 13.3 Å². The first-order chi connectivity index (χ1) is 13.3. The van der Waals surface area contributed by atoms with E-state index in [-0.39, 0.29) is 22.8 Å². The van der Waals surface area contributed by atoms with Gasteiger partial charge in [0.25, 0.3) is 5.69 Å². The van der Waals surface area contributed by atoms with Crippen molar-refractivity contribution in [1.82, 2.24) is 0 Å². The van der Waals surface area contributed by atoms with Crippen LogP contribution in [0.1, 0.15) is 5.56 Å². The smallest absolute Gasteiger partial charge is 0.293 e. The van der Waals surface area contributed by atoms with E-state index in [1.807, 2.05) is 48.5 Å². The lowest BCUT2D eigenvalue weighted by molar-refractivity contribution is -0.384. The molecule has 0 aliphatic heterocycles. The van der Waals surface area contributed by atoms with Gasteiger partial charge in [-0.25, -0.2) is 13.6 Å². The summed E-state index contributed by atoms with van der Waals surface area (Å²) in [7, 11) is -4.04. The summed E-state index contributed by atoms with van der Waals surface area (Å²) < 4.78 is 28.7. The Morgan fingerprint density at radius 2 is 1.68 bits per heavy atom. The van der Waals surface area contributed by atoms with Gasteiger partial charge < -0.3 is 10.1 Å². The van der Waals surface area contributed by atoms with Crippen LogP contribution in [-0.2, 0) is 16.6 Å². The Morgan fingerprint density at radius 1 is 1.00 bits per heavy atom. The summed E-state index contributed by atoms with van der Waals surface area (Å²) in [5.74, 6) is 1.27. The van der Waals surface area contributed by atoms with Crippen molar-refractivity contribution >= 4 is 21.4 Å². The van der Waals surface area contributed by atoms with E-state index in [0.717, 1.165) is 11.6 Å². The van der Waals surface area contributed by atoms with Crippen molar-refractivity contribution in [3.05, 3.63) is 88.5 Å². The Hall–Kier alpha value is -3.43. The molecule has 0 heterocycles. The van der Waals surface area contributed by atoms with Crippen molar-refractivity contribution in [2.75, 3.05) is 5.32 Å². The number of nitro groups is 1. The fourth-order valence-corrected chi connectivity index (χ4v) is 3.08. The maximum Gasteiger partial charge on any atom is 0.293 e. The number of hydrogen-bond acceptors (Lipinski definition) is 6. The minimum atomic E-state index is -4.04. The molecular weight excluding hydrogens is 382 g/mol. The molecule has 0 aliphatic carbocycles. The molecule has 3 aromatic carbocycles. The summed E-state index contributed by atoms with van der Waals surface area (Å²) >= 11 is 0. The van der Waals surface area contributed by atoms with Gasteiger partial charge in [-0.1, -0.05) is 36.4 Å². The van der Waals surface area contributed by atoms with Crippen molar-refractivity contribution in [1.29, 1.82) is 0 Å². The van der Waals surface area contributed by atoms with E-state index >= 15 is 0 Å². The number of nitrogens with one attached hydrogen (secondary N) is 1. The summed E-state index contributed by atoms with van der Waals surface area (Å²) in [6, 6.07) is 20.0. The molecule has 0 unspecified atom stereocenters. The zero-order valence-corrected chi connectivity index (χ0v) is 15.4. The van der Waals surface area contributed by atoms with Crippen LogP contribution in [0, 0.1) is 10.1 Å². The Bertz CT molecular complexity index is 1100. The highest BCUT2D eigenvalue weighted by atomic mass is 32.2. The number of nitrogens with zero attached hydrogens (tertiary/aromatic N) is 1. The monoisotopic (exact) mass is 399 g/mol. The average molecular weight is 399 g/mol. The van der Waals surface area contributed by atoms with Gasteiger partial charge in [0.15, 0.2) is 0 Å². The first-order valence-corrected chi connectivity index (χ1v) is 9.75. The highest BCUT2D eigenvalue weighted by molar-refractivity contribution is 7.89. The molecule has 0 saturated heterocycles. The molecule has 3 rings (SSSR count). The highest BCUT2D eigenvalue weighted by Crippen LogP contribution is 2.30.